The summed E-state index contributed by atoms with van der Waals surface area (Å²) >= 11 is 0. The molecule has 0 radical (unpaired) electrons. The van der Waals surface area contributed by atoms with Crippen molar-refractivity contribution in [3.63, 3.8) is 0 Å². The van der Waals surface area contributed by atoms with Gasteiger partial charge in [0.15, 0.2) is 0 Å². The fraction of sp³-hybridized carbons (Fsp3) is 0.517. The van der Waals surface area contributed by atoms with Gasteiger partial charge in [0.05, 0.1) is 11.3 Å². The van der Waals surface area contributed by atoms with Gasteiger partial charge in [-0.25, -0.2) is 0 Å². The molecule has 0 amide bonds. The molecule has 8 heteroatoms. The number of hydrogen-bond donors (Lipinski definition) is 0. The van der Waals surface area contributed by atoms with Crippen molar-refractivity contribution in [3.8, 4) is 0 Å². The molecule has 1 aliphatic heterocycles. The Morgan fingerprint density at radius 3 is 2.46 bits per heavy atom. The summed E-state index contributed by atoms with van der Waals surface area (Å²) < 4.78 is 98.8. The van der Waals surface area contributed by atoms with Gasteiger partial charge in [0.2, 0.25) is 0 Å². The van der Waals surface area contributed by atoms with Crippen LogP contribution in [0, 0.1) is 0 Å². The number of benzene rings is 2. The third-order valence-electron chi connectivity index (χ3n) is 6.61. The van der Waals surface area contributed by atoms with Gasteiger partial charge in [0, 0.05) is 16.1 Å². The number of hydrogen-bond acceptors (Lipinski definition) is 5. The van der Waals surface area contributed by atoms with E-state index in [0.717, 1.165) is 44.6 Å². The summed E-state index contributed by atoms with van der Waals surface area (Å²) in [4.78, 5) is 23.1. The molecule has 2 fully saturated rings. The van der Waals surface area contributed by atoms with Crippen molar-refractivity contribution in [1.82, 2.24) is 4.90 Å². The third-order valence-corrected chi connectivity index (χ3v) is 6.61. The Bertz CT molecular complexity index is 1360. The van der Waals surface area contributed by atoms with Crippen molar-refractivity contribution < 1.29 is 37.2 Å². The van der Waals surface area contributed by atoms with E-state index >= 15 is 0 Å². The highest BCUT2D eigenvalue weighted by Gasteiger charge is 2.35. The van der Waals surface area contributed by atoms with Crippen molar-refractivity contribution in [2.45, 2.75) is 83.9 Å². The largest absolute Gasteiger partial charge is 0.416 e. The zero-order valence-corrected chi connectivity index (χ0v) is 20.7. The van der Waals surface area contributed by atoms with Crippen LogP contribution < -0.4 is 0 Å². The molecule has 0 unspecified atom stereocenters. The monoisotopic (exact) mass is 523 g/mol. The Morgan fingerprint density at radius 2 is 1.84 bits per heavy atom. The fourth-order valence-corrected chi connectivity index (χ4v) is 4.53. The van der Waals surface area contributed by atoms with E-state index in [-0.39, 0.29) is 35.5 Å². The van der Waals surface area contributed by atoms with E-state index in [4.69, 9.17) is 24.0 Å². The maximum atomic E-state index is 13.9. The van der Waals surface area contributed by atoms with Crippen LogP contribution in [0.4, 0.5) is 13.2 Å². The summed E-state index contributed by atoms with van der Waals surface area (Å²) in [6.07, 6.45) is -1.96. The van der Waals surface area contributed by atoms with E-state index in [9.17, 15) is 13.2 Å². The summed E-state index contributed by atoms with van der Waals surface area (Å²) in [5.74, 6) is -0.115. The van der Waals surface area contributed by atoms with Gasteiger partial charge < -0.3 is 4.84 Å². The Morgan fingerprint density at radius 1 is 1.11 bits per heavy atom. The molecule has 0 spiro atoms. The molecule has 0 atom stereocenters. The third kappa shape index (κ3) is 8.01. The van der Waals surface area contributed by atoms with Crippen LogP contribution >= 0.6 is 0 Å². The molecule has 0 aromatic heterocycles. The second kappa shape index (κ2) is 13.5. The van der Waals surface area contributed by atoms with Gasteiger partial charge in [-0.15, -0.1) is 0 Å². The lowest BCUT2D eigenvalue weighted by Crippen LogP contribution is -2.36. The topological polar surface area (TPSA) is 59.0 Å². The van der Waals surface area contributed by atoms with Gasteiger partial charge in [-0.1, -0.05) is 55.5 Å². The average Bonchev–Trinajstić information content (AvgIpc) is 2.91. The minimum Gasteiger partial charge on any atom is -0.391 e. The molecule has 0 N–H and O–H groups in total. The number of alkyl halides is 3. The predicted octanol–water partition coefficient (Wildman–Crippen LogP) is 6.88. The van der Waals surface area contributed by atoms with Crippen LogP contribution in [0.3, 0.4) is 0 Å². The van der Waals surface area contributed by atoms with E-state index in [1.165, 1.54) is 29.2 Å². The van der Waals surface area contributed by atoms with Crippen LogP contribution in [-0.4, -0.2) is 29.9 Å². The highest BCUT2D eigenvalue weighted by atomic mass is 19.4. The minimum atomic E-state index is -4.50. The molecule has 1 aliphatic carbocycles. The Hall–Kier alpha value is -2.96. The highest BCUT2D eigenvalue weighted by Crippen LogP contribution is 2.41. The summed E-state index contributed by atoms with van der Waals surface area (Å²) in [7, 11) is 0. The molecule has 1 saturated heterocycles. The highest BCUT2D eigenvalue weighted by molar-refractivity contribution is 5.98. The van der Waals surface area contributed by atoms with Crippen molar-refractivity contribution in [1.29, 1.82) is 0 Å². The van der Waals surface area contributed by atoms with E-state index in [1.807, 2.05) is 0 Å². The van der Waals surface area contributed by atoms with Crippen molar-refractivity contribution in [3.05, 3.63) is 69.8 Å². The number of oxime groups is 1. The van der Waals surface area contributed by atoms with Crippen LogP contribution in [-0.2, 0) is 40.1 Å². The lowest BCUT2D eigenvalue weighted by molar-refractivity contribution is -0.191. The molecule has 1 heterocycles. The van der Waals surface area contributed by atoms with Crippen LogP contribution in [0.2, 0.25) is 0 Å². The van der Waals surface area contributed by atoms with Crippen LogP contribution in [0.25, 0.3) is 0 Å². The molecule has 2 aromatic carbocycles. The summed E-state index contributed by atoms with van der Waals surface area (Å²) in [5, 5.41) is 4.00. The molecule has 2 aliphatic rings. The zero-order valence-electron chi connectivity index (χ0n) is 27.7. The van der Waals surface area contributed by atoms with Crippen molar-refractivity contribution >= 4 is 11.9 Å². The van der Waals surface area contributed by atoms with Gasteiger partial charge in [-0.2, -0.15) is 22.8 Å². The average molecular weight is 524 g/mol. The van der Waals surface area contributed by atoms with Crippen molar-refractivity contribution in [2.24, 2.45) is 5.16 Å². The zero-order chi connectivity index (χ0) is 32.9. The van der Waals surface area contributed by atoms with Crippen LogP contribution in [0.15, 0.2) is 41.6 Å². The Kier molecular flexibility index (Phi) is 7.34. The quantitative estimate of drug-likeness (QED) is 0.280. The molecule has 4 rings (SSSR count). The van der Waals surface area contributed by atoms with Gasteiger partial charge in [0.25, 0.3) is 0 Å². The summed E-state index contributed by atoms with van der Waals surface area (Å²) in [5.41, 5.74) is 0.108. The van der Waals surface area contributed by atoms with Crippen LogP contribution in [0.5, 0.6) is 0 Å². The molecular weight excluding hydrogens is 481 g/mol. The number of nitrogens with zero attached hydrogens (tertiary/aromatic N) is 2. The van der Waals surface area contributed by atoms with Gasteiger partial charge in [0.1, 0.15) is 6.61 Å². The normalized spacial score (nSPS) is 20.8. The first-order chi connectivity index (χ1) is 20.4. The Balaban J connectivity index is 0.00000169. The lowest BCUT2D eigenvalue weighted by atomic mass is 9.81. The molecule has 5 nitrogen and oxygen atoms in total. The lowest BCUT2D eigenvalue weighted by Gasteiger charge is -2.31. The molecule has 2 aromatic rings. The molecule has 1 saturated carbocycles. The fourth-order valence-electron chi connectivity index (χ4n) is 4.53. The first-order valence-electron chi connectivity index (χ1n) is 15.7. The first-order valence-corrected chi connectivity index (χ1v) is 12.2. The standard InChI is InChI=1S/C28H35F3N2O.CO2/c1-3-22-17-24(11-12-25(22)18-33-14-7-15-33)20(2)32-34-19-21-10-13-26(23-8-5-4-6-9-23)27(16-21)28(29,30)31;2-1-3/h10-13,16-17,23H,3-9,14-15,18-19H2,1-2H3;/b32-20+;/i1D3,3D2,18D2;. The number of carbonyl (C=O) groups excluding carboxylic acids is 2. The Labute approximate surface area is 226 Å². The maximum absolute atomic E-state index is 13.9. The second-order valence-electron chi connectivity index (χ2n) is 9.13. The van der Waals surface area contributed by atoms with Gasteiger partial charge >= 0.3 is 12.3 Å². The molecular formula is C29H35F3N2O3. The number of likely N-dealkylation sites (tertiary alicyclic amines) is 1. The summed E-state index contributed by atoms with van der Waals surface area (Å²) in [6.45, 7) is -2.89. The number of rotatable bonds is 8. The van der Waals surface area contributed by atoms with E-state index < -0.39 is 31.5 Å². The first kappa shape index (κ1) is 20.1. The van der Waals surface area contributed by atoms with E-state index in [2.05, 4.69) is 5.16 Å². The van der Waals surface area contributed by atoms with E-state index in [0.29, 0.717) is 29.8 Å². The second-order valence-corrected chi connectivity index (χ2v) is 9.13. The SMILES string of the molecule is O=C=O.[2H]C([2H])(c1ccc(/C(C)=N/OCc2ccc(C3CCCCC3)c(C(F)(F)F)c2)cc1C([2H])([2H])C([2H])([2H])[2H])N1CCC1. The predicted molar refractivity (Wildman–Crippen MR) is 135 cm³/mol. The van der Waals surface area contributed by atoms with Crippen molar-refractivity contribution in [2.75, 3.05) is 13.1 Å². The van der Waals surface area contributed by atoms with Gasteiger partial charge in [-0.3, -0.25) is 4.90 Å². The van der Waals surface area contributed by atoms with E-state index in [1.54, 1.807) is 13.0 Å². The number of aryl methyl sites for hydroxylation is 1. The molecule has 200 valence electrons. The van der Waals surface area contributed by atoms with Gasteiger partial charge in [-0.05, 0) is 91.5 Å². The number of halogens is 3. The smallest absolute Gasteiger partial charge is 0.391 e. The summed E-state index contributed by atoms with van der Waals surface area (Å²) in [6, 6.07) is 8.38. The maximum Gasteiger partial charge on any atom is 0.416 e. The van der Waals surface area contributed by atoms with Crippen LogP contribution in [0.1, 0.15) is 101 Å². The molecule has 37 heavy (non-hydrogen) atoms. The minimum absolute atomic E-state index is 0.0754. The molecule has 0 bridgehead atoms.